The van der Waals surface area contributed by atoms with E-state index in [1.54, 1.807) is 6.20 Å². The second-order valence-corrected chi connectivity index (χ2v) is 4.04. The molecule has 3 N–H and O–H groups in total. The number of anilines is 1. The molecule has 0 radical (unpaired) electrons. The predicted octanol–water partition coefficient (Wildman–Crippen LogP) is 1.75. The summed E-state index contributed by atoms with van der Waals surface area (Å²) in [7, 11) is 0. The number of aryl methyl sites for hydroxylation is 1. The molecule has 100 valence electrons. The number of amides is 1. The fourth-order valence-corrected chi connectivity index (χ4v) is 1.78. The van der Waals surface area contributed by atoms with Gasteiger partial charge in [-0.05, 0) is 25.1 Å². The van der Waals surface area contributed by atoms with Crippen LogP contribution >= 0.6 is 0 Å². The molecular formula is C13H15FN4O. The molecule has 0 saturated carbocycles. The van der Waals surface area contributed by atoms with Gasteiger partial charge < -0.3 is 15.6 Å². The van der Waals surface area contributed by atoms with Gasteiger partial charge in [0.2, 0.25) is 5.91 Å². The number of hydrogen-bond donors (Lipinski definition) is 2. The van der Waals surface area contributed by atoms with Crippen molar-refractivity contribution in [1.29, 1.82) is 0 Å². The fraction of sp³-hybridized carbons (Fsp3) is 0.231. The van der Waals surface area contributed by atoms with Gasteiger partial charge in [-0.2, -0.15) is 0 Å². The van der Waals surface area contributed by atoms with E-state index in [0.717, 1.165) is 12.4 Å². The molecule has 0 unspecified atom stereocenters. The molecule has 19 heavy (non-hydrogen) atoms. The van der Waals surface area contributed by atoms with E-state index in [1.807, 2.05) is 17.7 Å². The van der Waals surface area contributed by atoms with Gasteiger partial charge in [-0.1, -0.05) is 0 Å². The Morgan fingerprint density at radius 2 is 2.32 bits per heavy atom. The van der Waals surface area contributed by atoms with Crippen molar-refractivity contribution in [2.45, 2.75) is 20.0 Å². The van der Waals surface area contributed by atoms with E-state index in [9.17, 15) is 9.18 Å². The quantitative estimate of drug-likeness (QED) is 0.862. The largest absolute Gasteiger partial charge is 0.375 e. The number of aromatic nitrogens is 2. The third-order valence-electron chi connectivity index (χ3n) is 2.83. The number of nitrogens with two attached hydrogens (primary N) is 1. The van der Waals surface area contributed by atoms with Gasteiger partial charge in [0.15, 0.2) is 0 Å². The van der Waals surface area contributed by atoms with Gasteiger partial charge in [0.25, 0.3) is 0 Å². The summed E-state index contributed by atoms with van der Waals surface area (Å²) >= 11 is 0. The SMILES string of the molecule is CCn1ccnc1CNc1cc(C(N)=O)ccc1F. The molecule has 0 atom stereocenters. The van der Waals surface area contributed by atoms with Crippen LogP contribution in [0.25, 0.3) is 0 Å². The smallest absolute Gasteiger partial charge is 0.248 e. The van der Waals surface area contributed by atoms with Crippen molar-refractivity contribution in [3.05, 3.63) is 47.8 Å². The predicted molar refractivity (Wildman–Crippen MR) is 70.1 cm³/mol. The number of carbonyl (C=O) groups is 1. The van der Waals surface area contributed by atoms with Gasteiger partial charge in [0.1, 0.15) is 11.6 Å². The average Bonchev–Trinajstić information content (AvgIpc) is 2.85. The minimum atomic E-state index is -0.585. The summed E-state index contributed by atoms with van der Waals surface area (Å²) < 4.78 is 15.5. The summed E-state index contributed by atoms with van der Waals surface area (Å²) in [6, 6.07) is 3.97. The molecule has 2 rings (SSSR count). The highest BCUT2D eigenvalue weighted by molar-refractivity contribution is 5.93. The molecule has 1 aromatic heterocycles. The molecule has 0 aliphatic rings. The Kier molecular flexibility index (Phi) is 3.79. The molecule has 0 saturated heterocycles. The number of halogens is 1. The maximum Gasteiger partial charge on any atom is 0.248 e. The van der Waals surface area contributed by atoms with E-state index in [1.165, 1.54) is 18.2 Å². The molecule has 0 fully saturated rings. The van der Waals surface area contributed by atoms with Crippen molar-refractivity contribution in [2.75, 3.05) is 5.32 Å². The highest BCUT2D eigenvalue weighted by Crippen LogP contribution is 2.16. The second-order valence-electron chi connectivity index (χ2n) is 4.04. The van der Waals surface area contributed by atoms with Crippen molar-refractivity contribution in [3.63, 3.8) is 0 Å². The first-order valence-corrected chi connectivity index (χ1v) is 5.95. The lowest BCUT2D eigenvalue weighted by molar-refractivity contribution is 0.100. The maximum atomic E-state index is 13.6. The Morgan fingerprint density at radius 3 is 3.00 bits per heavy atom. The zero-order valence-electron chi connectivity index (χ0n) is 10.6. The maximum absolute atomic E-state index is 13.6. The Hall–Kier alpha value is -2.37. The van der Waals surface area contributed by atoms with Crippen LogP contribution in [0.1, 0.15) is 23.1 Å². The molecule has 1 amide bonds. The van der Waals surface area contributed by atoms with Crippen LogP contribution in [0, 0.1) is 5.82 Å². The molecule has 1 heterocycles. The molecule has 0 spiro atoms. The van der Waals surface area contributed by atoms with E-state index in [4.69, 9.17) is 5.73 Å². The molecule has 5 nitrogen and oxygen atoms in total. The number of imidazole rings is 1. The second kappa shape index (κ2) is 5.51. The number of primary amides is 1. The van der Waals surface area contributed by atoms with Gasteiger partial charge in [-0.25, -0.2) is 9.37 Å². The normalized spacial score (nSPS) is 10.4. The van der Waals surface area contributed by atoms with Crippen molar-refractivity contribution < 1.29 is 9.18 Å². The molecular weight excluding hydrogens is 247 g/mol. The molecule has 0 bridgehead atoms. The molecule has 1 aromatic carbocycles. The molecule has 6 heteroatoms. The average molecular weight is 262 g/mol. The first-order valence-electron chi connectivity index (χ1n) is 5.95. The monoisotopic (exact) mass is 262 g/mol. The minimum Gasteiger partial charge on any atom is -0.375 e. The van der Waals surface area contributed by atoms with Crippen LogP contribution in [0.4, 0.5) is 10.1 Å². The van der Waals surface area contributed by atoms with Crippen LogP contribution in [0.3, 0.4) is 0 Å². The Balaban J connectivity index is 2.15. The summed E-state index contributed by atoms with van der Waals surface area (Å²) in [5, 5.41) is 2.92. The minimum absolute atomic E-state index is 0.238. The van der Waals surface area contributed by atoms with Crippen LogP contribution in [0.15, 0.2) is 30.6 Å². The first kappa shape index (κ1) is 13.1. The van der Waals surface area contributed by atoms with Gasteiger partial charge in [0, 0.05) is 24.5 Å². The number of hydrogen-bond acceptors (Lipinski definition) is 3. The number of rotatable bonds is 5. The fourth-order valence-electron chi connectivity index (χ4n) is 1.78. The summed E-state index contributed by atoms with van der Waals surface area (Å²) in [4.78, 5) is 15.2. The third-order valence-corrected chi connectivity index (χ3v) is 2.83. The Morgan fingerprint density at radius 1 is 1.53 bits per heavy atom. The lowest BCUT2D eigenvalue weighted by Crippen LogP contribution is -2.13. The topological polar surface area (TPSA) is 72.9 Å². The number of nitrogens with one attached hydrogen (secondary N) is 1. The van der Waals surface area contributed by atoms with Crippen molar-refractivity contribution >= 4 is 11.6 Å². The van der Waals surface area contributed by atoms with E-state index in [0.29, 0.717) is 6.54 Å². The van der Waals surface area contributed by atoms with Crippen molar-refractivity contribution in [1.82, 2.24) is 9.55 Å². The summed E-state index contributed by atoms with van der Waals surface area (Å²) in [6.07, 6.45) is 3.55. The first-order chi connectivity index (χ1) is 9.11. The van der Waals surface area contributed by atoms with Gasteiger partial charge in [0.05, 0.1) is 12.2 Å². The van der Waals surface area contributed by atoms with Gasteiger partial charge >= 0.3 is 0 Å². The zero-order chi connectivity index (χ0) is 13.8. The summed E-state index contributed by atoms with van der Waals surface area (Å²) in [5.74, 6) is -0.218. The van der Waals surface area contributed by atoms with E-state index in [-0.39, 0.29) is 11.3 Å². The van der Waals surface area contributed by atoms with E-state index >= 15 is 0 Å². The van der Waals surface area contributed by atoms with Crippen LogP contribution in [-0.2, 0) is 13.1 Å². The van der Waals surface area contributed by atoms with Crippen LogP contribution in [-0.4, -0.2) is 15.5 Å². The summed E-state index contributed by atoms with van der Waals surface area (Å²) in [6.45, 7) is 3.17. The number of carbonyl (C=O) groups excluding carboxylic acids is 1. The third kappa shape index (κ3) is 2.90. The van der Waals surface area contributed by atoms with Crippen LogP contribution in [0.5, 0.6) is 0 Å². The molecule has 2 aromatic rings. The van der Waals surface area contributed by atoms with E-state index < -0.39 is 11.7 Å². The van der Waals surface area contributed by atoms with E-state index in [2.05, 4.69) is 10.3 Å². The van der Waals surface area contributed by atoms with Crippen molar-refractivity contribution in [3.8, 4) is 0 Å². The Bertz CT molecular complexity index is 594. The van der Waals surface area contributed by atoms with Gasteiger partial charge in [-0.3, -0.25) is 4.79 Å². The van der Waals surface area contributed by atoms with Crippen molar-refractivity contribution in [2.24, 2.45) is 5.73 Å². The zero-order valence-corrected chi connectivity index (χ0v) is 10.6. The number of nitrogens with zero attached hydrogens (tertiary/aromatic N) is 2. The lowest BCUT2D eigenvalue weighted by atomic mass is 10.2. The van der Waals surface area contributed by atoms with Crippen LogP contribution < -0.4 is 11.1 Å². The van der Waals surface area contributed by atoms with Crippen LogP contribution in [0.2, 0.25) is 0 Å². The standard InChI is InChI=1S/C13H15FN4O/c1-2-18-6-5-16-12(18)8-17-11-7-9(13(15)19)3-4-10(11)14/h3-7,17H,2,8H2,1H3,(H2,15,19). The van der Waals surface area contributed by atoms with Gasteiger partial charge in [-0.15, -0.1) is 0 Å². The summed E-state index contributed by atoms with van der Waals surface area (Å²) in [5.41, 5.74) is 5.67. The highest BCUT2D eigenvalue weighted by atomic mass is 19.1. The molecule has 0 aliphatic heterocycles. The number of benzene rings is 1. The lowest BCUT2D eigenvalue weighted by Gasteiger charge is -2.09. The molecule has 0 aliphatic carbocycles. The Labute approximate surface area is 110 Å². The highest BCUT2D eigenvalue weighted by Gasteiger charge is 2.08.